The second-order valence-corrected chi connectivity index (χ2v) is 10.7. The molecule has 2 aromatic carbocycles. The molecule has 0 bridgehead atoms. The van der Waals surface area contributed by atoms with Crippen LogP contribution >= 0.6 is 23.2 Å². The first-order valence-electron chi connectivity index (χ1n) is 10.1. The third-order valence-corrected chi connectivity index (χ3v) is 8.85. The number of amides is 1. The van der Waals surface area contributed by atoms with Crippen LogP contribution in [0.25, 0.3) is 0 Å². The molecule has 0 aromatic heterocycles. The molecule has 1 aliphatic heterocycles. The van der Waals surface area contributed by atoms with Gasteiger partial charge >= 0.3 is 0 Å². The minimum Gasteiger partial charge on any atom is -0.338 e. The highest BCUT2D eigenvalue weighted by molar-refractivity contribution is 7.89. The lowest BCUT2D eigenvalue weighted by atomic mass is 9.95. The van der Waals surface area contributed by atoms with Crippen molar-refractivity contribution in [2.24, 2.45) is 5.92 Å². The number of carbonyl (C=O) groups is 1. The predicted molar refractivity (Wildman–Crippen MR) is 118 cm³/mol. The summed E-state index contributed by atoms with van der Waals surface area (Å²) in [5.41, 5.74) is 2.53. The Kier molecular flexibility index (Phi) is 6.13. The zero-order valence-electron chi connectivity index (χ0n) is 16.7. The molecule has 0 N–H and O–H groups in total. The molecule has 30 heavy (non-hydrogen) atoms. The van der Waals surface area contributed by atoms with Crippen LogP contribution in [0.2, 0.25) is 10.0 Å². The summed E-state index contributed by atoms with van der Waals surface area (Å²) in [6, 6.07) is 12.8. The van der Waals surface area contributed by atoms with E-state index in [1.807, 2.05) is 24.1 Å². The Hall–Kier alpha value is -1.60. The Morgan fingerprint density at radius 3 is 2.50 bits per heavy atom. The van der Waals surface area contributed by atoms with E-state index in [0.29, 0.717) is 17.9 Å². The van der Waals surface area contributed by atoms with Gasteiger partial charge in [0.1, 0.15) is 4.90 Å². The second-order valence-electron chi connectivity index (χ2n) is 7.96. The quantitative estimate of drug-likeness (QED) is 0.664. The molecule has 4 rings (SSSR count). The first-order chi connectivity index (χ1) is 14.3. The lowest BCUT2D eigenvalue weighted by Crippen LogP contribution is -2.44. The molecule has 1 amide bonds. The number of benzene rings is 2. The summed E-state index contributed by atoms with van der Waals surface area (Å²) >= 11 is 12.1. The average molecular weight is 467 g/mol. The van der Waals surface area contributed by atoms with Gasteiger partial charge in [-0.05, 0) is 55.0 Å². The van der Waals surface area contributed by atoms with Crippen molar-refractivity contribution in [3.63, 3.8) is 0 Å². The van der Waals surface area contributed by atoms with Crippen molar-refractivity contribution >= 4 is 39.1 Å². The maximum Gasteiger partial charge on any atom is 0.244 e. The molecule has 160 valence electrons. The summed E-state index contributed by atoms with van der Waals surface area (Å²) in [6.07, 6.45) is 2.90. The number of halogens is 2. The van der Waals surface area contributed by atoms with E-state index in [2.05, 4.69) is 12.1 Å². The molecule has 8 heteroatoms. The molecule has 1 saturated heterocycles. The molecule has 0 saturated carbocycles. The Labute approximate surface area is 187 Å². The summed E-state index contributed by atoms with van der Waals surface area (Å²) < 4.78 is 27.4. The van der Waals surface area contributed by atoms with Gasteiger partial charge in [0.05, 0.1) is 11.1 Å². The van der Waals surface area contributed by atoms with Gasteiger partial charge in [-0.15, -0.1) is 0 Å². The highest BCUT2D eigenvalue weighted by Crippen LogP contribution is 2.37. The standard InChI is InChI=1S/C22H24Cl2N2O3S/c1-25(20-9-6-15-4-2-3-5-18(15)20)22(27)16-10-12-26(13-11-16)30(28,29)21-14-17(23)7-8-19(21)24/h2-5,7-8,14,16,20H,6,9-13H2,1H3. The number of piperidine rings is 1. The van der Waals surface area contributed by atoms with Gasteiger partial charge in [-0.3, -0.25) is 4.79 Å². The van der Waals surface area contributed by atoms with Crippen molar-refractivity contribution in [2.45, 2.75) is 36.6 Å². The minimum absolute atomic E-state index is 0.0149. The van der Waals surface area contributed by atoms with Gasteiger partial charge in [-0.2, -0.15) is 4.31 Å². The van der Waals surface area contributed by atoms with E-state index in [-0.39, 0.29) is 40.9 Å². The van der Waals surface area contributed by atoms with Crippen LogP contribution in [0.4, 0.5) is 0 Å². The number of nitrogens with zero attached hydrogens (tertiary/aromatic N) is 2. The number of rotatable bonds is 4. The molecule has 1 aliphatic carbocycles. The van der Waals surface area contributed by atoms with Crippen LogP contribution in [-0.2, 0) is 21.2 Å². The van der Waals surface area contributed by atoms with Crippen LogP contribution in [0, 0.1) is 5.92 Å². The van der Waals surface area contributed by atoms with Gasteiger partial charge in [0.2, 0.25) is 15.9 Å². The van der Waals surface area contributed by atoms with Crippen LogP contribution in [0.3, 0.4) is 0 Å². The maximum atomic E-state index is 13.1. The number of aryl methyl sites for hydroxylation is 1. The first-order valence-corrected chi connectivity index (χ1v) is 12.3. The maximum absolute atomic E-state index is 13.1. The average Bonchev–Trinajstić information content (AvgIpc) is 3.18. The van der Waals surface area contributed by atoms with Crippen LogP contribution in [0.1, 0.15) is 36.4 Å². The SMILES string of the molecule is CN(C(=O)C1CCN(S(=O)(=O)c2cc(Cl)ccc2Cl)CC1)C1CCc2ccccc21. The normalized spacial score (nSPS) is 20.2. The van der Waals surface area contributed by atoms with Crippen molar-refractivity contribution in [1.82, 2.24) is 9.21 Å². The minimum atomic E-state index is -3.75. The van der Waals surface area contributed by atoms with Crippen LogP contribution in [0.5, 0.6) is 0 Å². The van der Waals surface area contributed by atoms with Crippen molar-refractivity contribution in [1.29, 1.82) is 0 Å². The number of hydrogen-bond acceptors (Lipinski definition) is 3. The molecule has 2 aliphatic rings. The highest BCUT2D eigenvalue weighted by Gasteiger charge is 2.36. The van der Waals surface area contributed by atoms with Gasteiger partial charge in [0.15, 0.2) is 0 Å². The molecule has 0 radical (unpaired) electrons. The van der Waals surface area contributed by atoms with E-state index in [1.54, 1.807) is 6.07 Å². The van der Waals surface area contributed by atoms with E-state index in [4.69, 9.17) is 23.2 Å². The van der Waals surface area contributed by atoms with Crippen LogP contribution in [0.15, 0.2) is 47.4 Å². The van der Waals surface area contributed by atoms with Crippen molar-refractivity contribution in [3.8, 4) is 0 Å². The molecule has 1 heterocycles. The topological polar surface area (TPSA) is 57.7 Å². The summed E-state index contributed by atoms with van der Waals surface area (Å²) in [5.74, 6) is -0.0846. The Bertz CT molecular complexity index is 1070. The van der Waals surface area contributed by atoms with Crippen LogP contribution < -0.4 is 0 Å². The Balaban J connectivity index is 1.43. The van der Waals surface area contributed by atoms with Gasteiger partial charge in [-0.1, -0.05) is 47.5 Å². The Morgan fingerprint density at radius 2 is 1.77 bits per heavy atom. The van der Waals surface area contributed by atoms with E-state index in [9.17, 15) is 13.2 Å². The zero-order valence-corrected chi connectivity index (χ0v) is 19.1. The van der Waals surface area contributed by atoms with Crippen molar-refractivity contribution < 1.29 is 13.2 Å². The second kappa shape index (κ2) is 8.50. The fraction of sp³-hybridized carbons (Fsp3) is 0.409. The molecule has 1 atom stereocenters. The number of carbonyl (C=O) groups excluding carboxylic acids is 1. The smallest absolute Gasteiger partial charge is 0.244 e. The molecular formula is C22H24Cl2N2O3S. The van der Waals surface area contributed by atoms with Gasteiger partial charge < -0.3 is 4.90 Å². The molecular weight excluding hydrogens is 443 g/mol. The largest absolute Gasteiger partial charge is 0.338 e. The zero-order chi connectivity index (χ0) is 21.5. The molecule has 1 fully saturated rings. The summed E-state index contributed by atoms with van der Waals surface area (Å²) in [7, 11) is -1.88. The van der Waals surface area contributed by atoms with Crippen molar-refractivity contribution in [3.05, 3.63) is 63.6 Å². The summed E-state index contributed by atoms with van der Waals surface area (Å²) in [6.45, 7) is 0.577. The number of sulfonamides is 1. The fourth-order valence-electron chi connectivity index (χ4n) is 4.54. The molecule has 5 nitrogen and oxygen atoms in total. The van der Waals surface area contributed by atoms with E-state index in [1.165, 1.54) is 27.6 Å². The molecule has 1 unspecified atom stereocenters. The number of hydrogen-bond donors (Lipinski definition) is 0. The number of fused-ring (bicyclic) bond motifs is 1. The van der Waals surface area contributed by atoms with Gasteiger partial charge in [0, 0.05) is 31.1 Å². The summed E-state index contributed by atoms with van der Waals surface area (Å²) in [5, 5.41) is 0.471. The van der Waals surface area contributed by atoms with E-state index >= 15 is 0 Å². The summed E-state index contributed by atoms with van der Waals surface area (Å²) in [4.78, 5) is 15.0. The third kappa shape index (κ3) is 3.98. The highest BCUT2D eigenvalue weighted by atomic mass is 35.5. The van der Waals surface area contributed by atoms with E-state index < -0.39 is 10.0 Å². The lowest BCUT2D eigenvalue weighted by molar-refractivity contribution is -0.137. The monoisotopic (exact) mass is 466 g/mol. The fourth-order valence-corrected chi connectivity index (χ4v) is 6.74. The molecule has 0 spiro atoms. The van der Waals surface area contributed by atoms with Gasteiger partial charge in [0.25, 0.3) is 0 Å². The predicted octanol–water partition coefficient (Wildman–Crippen LogP) is 4.54. The van der Waals surface area contributed by atoms with Gasteiger partial charge in [-0.25, -0.2) is 8.42 Å². The van der Waals surface area contributed by atoms with Crippen LogP contribution in [-0.4, -0.2) is 43.7 Å². The molecule has 2 aromatic rings. The van der Waals surface area contributed by atoms with Crippen molar-refractivity contribution in [2.75, 3.05) is 20.1 Å². The van der Waals surface area contributed by atoms with E-state index in [0.717, 1.165) is 12.8 Å². The lowest BCUT2D eigenvalue weighted by Gasteiger charge is -2.34. The Morgan fingerprint density at radius 1 is 1.07 bits per heavy atom. The third-order valence-electron chi connectivity index (χ3n) is 6.23. The first kappa shape index (κ1) is 21.6.